The number of carbonyl (C=O) groups excluding carboxylic acids is 1. The normalized spacial score (nSPS) is 11.6. The van der Waals surface area contributed by atoms with E-state index in [0.29, 0.717) is 18.7 Å². The molecule has 104 valence electrons. The Morgan fingerprint density at radius 1 is 1.35 bits per heavy atom. The zero-order valence-electron chi connectivity index (χ0n) is 11.7. The number of hydrogen-bond acceptors (Lipinski definition) is 4. The molecule has 0 spiro atoms. The van der Waals surface area contributed by atoms with Crippen LogP contribution in [0.2, 0.25) is 0 Å². The Hall–Kier alpha value is -2.20. The lowest BCUT2D eigenvalue weighted by Gasteiger charge is -2.06. The van der Waals surface area contributed by atoms with Crippen LogP contribution in [0.25, 0.3) is 10.9 Å². The molecule has 2 rings (SSSR count). The van der Waals surface area contributed by atoms with Gasteiger partial charge in [-0.1, -0.05) is 30.3 Å². The van der Waals surface area contributed by atoms with Gasteiger partial charge in [0.15, 0.2) is 0 Å². The first kappa shape index (κ1) is 14.2. The SMILES string of the molecule is COC(=O)/C(C)=C/CNCc1cccc2cccnc12. The molecule has 4 heteroatoms. The number of benzene rings is 1. The average Bonchev–Trinajstić information content (AvgIpc) is 2.50. The van der Waals surface area contributed by atoms with E-state index in [9.17, 15) is 4.79 Å². The van der Waals surface area contributed by atoms with E-state index in [1.807, 2.05) is 30.3 Å². The molecule has 0 amide bonds. The van der Waals surface area contributed by atoms with Crippen LogP contribution in [0.15, 0.2) is 48.2 Å². The number of rotatable bonds is 5. The van der Waals surface area contributed by atoms with E-state index in [-0.39, 0.29) is 5.97 Å². The molecule has 1 aromatic heterocycles. The molecule has 0 saturated carbocycles. The van der Waals surface area contributed by atoms with Gasteiger partial charge >= 0.3 is 5.97 Å². The first-order valence-electron chi connectivity index (χ1n) is 6.51. The molecule has 1 heterocycles. The van der Waals surface area contributed by atoms with E-state index in [4.69, 9.17) is 0 Å². The average molecular weight is 270 g/mol. The van der Waals surface area contributed by atoms with Crippen LogP contribution >= 0.6 is 0 Å². The third-order valence-electron chi connectivity index (χ3n) is 3.09. The number of nitrogens with zero attached hydrogens (tertiary/aromatic N) is 1. The second kappa shape index (κ2) is 6.82. The first-order valence-corrected chi connectivity index (χ1v) is 6.51. The predicted molar refractivity (Wildman–Crippen MR) is 79.2 cm³/mol. The molecule has 0 bridgehead atoms. The Labute approximate surface area is 118 Å². The van der Waals surface area contributed by atoms with E-state index < -0.39 is 0 Å². The van der Waals surface area contributed by atoms with Crippen molar-refractivity contribution in [2.45, 2.75) is 13.5 Å². The highest BCUT2D eigenvalue weighted by Crippen LogP contribution is 2.15. The van der Waals surface area contributed by atoms with Crippen LogP contribution in [-0.4, -0.2) is 24.6 Å². The molecule has 20 heavy (non-hydrogen) atoms. The van der Waals surface area contributed by atoms with Crippen LogP contribution in [0.4, 0.5) is 0 Å². The fourth-order valence-corrected chi connectivity index (χ4v) is 1.99. The summed E-state index contributed by atoms with van der Waals surface area (Å²) in [6.07, 6.45) is 3.62. The standard InChI is InChI=1S/C16H18N2O2/c1-12(16(19)20-2)8-10-17-11-14-6-3-5-13-7-4-9-18-15(13)14/h3-9,17H,10-11H2,1-2H3/b12-8+. The first-order chi connectivity index (χ1) is 9.72. The van der Waals surface area contributed by atoms with Crippen molar-refractivity contribution in [2.75, 3.05) is 13.7 Å². The Balaban J connectivity index is 1.98. The molecule has 0 atom stereocenters. The summed E-state index contributed by atoms with van der Waals surface area (Å²) in [6.45, 7) is 3.07. The van der Waals surface area contributed by atoms with Crippen molar-refractivity contribution in [3.8, 4) is 0 Å². The van der Waals surface area contributed by atoms with Gasteiger partial charge in [0.25, 0.3) is 0 Å². The summed E-state index contributed by atoms with van der Waals surface area (Å²) in [6, 6.07) is 10.1. The molecule has 0 fully saturated rings. The number of aromatic nitrogens is 1. The summed E-state index contributed by atoms with van der Waals surface area (Å²) in [4.78, 5) is 15.6. The molecule has 2 aromatic rings. The highest BCUT2D eigenvalue weighted by molar-refractivity contribution is 5.87. The summed E-state index contributed by atoms with van der Waals surface area (Å²) in [5.41, 5.74) is 2.76. The summed E-state index contributed by atoms with van der Waals surface area (Å²) < 4.78 is 4.64. The van der Waals surface area contributed by atoms with Crippen LogP contribution in [-0.2, 0) is 16.1 Å². The summed E-state index contributed by atoms with van der Waals surface area (Å²) in [7, 11) is 1.38. The number of pyridine rings is 1. The molecule has 0 aliphatic carbocycles. The lowest BCUT2D eigenvalue weighted by molar-refractivity contribution is -0.136. The van der Waals surface area contributed by atoms with Crippen LogP contribution in [0.1, 0.15) is 12.5 Å². The van der Waals surface area contributed by atoms with Gasteiger partial charge < -0.3 is 10.1 Å². The zero-order valence-corrected chi connectivity index (χ0v) is 11.7. The van der Waals surface area contributed by atoms with Gasteiger partial charge in [0, 0.05) is 30.2 Å². The number of hydrogen-bond donors (Lipinski definition) is 1. The third-order valence-corrected chi connectivity index (χ3v) is 3.09. The van der Waals surface area contributed by atoms with Gasteiger partial charge in [-0.3, -0.25) is 4.98 Å². The van der Waals surface area contributed by atoms with Crippen molar-refractivity contribution in [2.24, 2.45) is 0 Å². The molecule has 0 aliphatic heterocycles. The highest BCUT2D eigenvalue weighted by atomic mass is 16.5. The smallest absolute Gasteiger partial charge is 0.333 e. The summed E-state index contributed by atoms with van der Waals surface area (Å²) in [5.74, 6) is -0.293. The topological polar surface area (TPSA) is 51.2 Å². The van der Waals surface area contributed by atoms with Gasteiger partial charge in [-0.15, -0.1) is 0 Å². The summed E-state index contributed by atoms with van der Waals surface area (Å²) in [5, 5.41) is 4.41. The number of esters is 1. The van der Waals surface area contributed by atoms with Crippen LogP contribution in [0.3, 0.4) is 0 Å². The van der Waals surface area contributed by atoms with Gasteiger partial charge in [0.05, 0.1) is 12.6 Å². The molecular formula is C16H18N2O2. The van der Waals surface area contributed by atoms with Gasteiger partial charge in [-0.2, -0.15) is 0 Å². The molecule has 0 saturated heterocycles. The van der Waals surface area contributed by atoms with Crippen LogP contribution in [0.5, 0.6) is 0 Å². The maximum Gasteiger partial charge on any atom is 0.333 e. The van der Waals surface area contributed by atoms with Crippen molar-refractivity contribution in [1.82, 2.24) is 10.3 Å². The van der Waals surface area contributed by atoms with Crippen molar-refractivity contribution >= 4 is 16.9 Å². The minimum atomic E-state index is -0.293. The number of para-hydroxylation sites is 1. The van der Waals surface area contributed by atoms with Gasteiger partial charge in [0.2, 0.25) is 0 Å². The minimum absolute atomic E-state index is 0.293. The highest BCUT2D eigenvalue weighted by Gasteiger charge is 2.02. The van der Waals surface area contributed by atoms with Crippen molar-refractivity contribution in [3.63, 3.8) is 0 Å². The Bertz CT molecular complexity index is 630. The second-order valence-corrected chi connectivity index (χ2v) is 4.50. The number of ether oxygens (including phenoxy) is 1. The second-order valence-electron chi connectivity index (χ2n) is 4.50. The Kier molecular flexibility index (Phi) is 4.85. The van der Waals surface area contributed by atoms with Crippen molar-refractivity contribution in [3.05, 3.63) is 53.7 Å². The van der Waals surface area contributed by atoms with E-state index in [2.05, 4.69) is 21.1 Å². The third kappa shape index (κ3) is 3.42. The molecule has 0 radical (unpaired) electrons. The monoisotopic (exact) mass is 270 g/mol. The number of nitrogens with one attached hydrogen (secondary N) is 1. The molecular weight excluding hydrogens is 252 g/mol. The molecule has 1 N–H and O–H groups in total. The van der Waals surface area contributed by atoms with Gasteiger partial charge in [-0.05, 0) is 18.6 Å². The zero-order chi connectivity index (χ0) is 14.4. The van der Waals surface area contributed by atoms with E-state index >= 15 is 0 Å². The number of carbonyl (C=O) groups is 1. The predicted octanol–water partition coefficient (Wildman–Crippen LogP) is 2.44. The lowest BCUT2D eigenvalue weighted by Crippen LogP contribution is -2.15. The van der Waals surface area contributed by atoms with E-state index in [0.717, 1.165) is 16.5 Å². The minimum Gasteiger partial charge on any atom is -0.466 e. The number of fused-ring (bicyclic) bond motifs is 1. The van der Waals surface area contributed by atoms with Crippen molar-refractivity contribution < 1.29 is 9.53 Å². The molecule has 1 aromatic carbocycles. The van der Waals surface area contributed by atoms with Gasteiger partial charge in [0.1, 0.15) is 0 Å². The molecule has 0 aliphatic rings. The van der Waals surface area contributed by atoms with E-state index in [1.54, 1.807) is 13.1 Å². The largest absolute Gasteiger partial charge is 0.466 e. The summed E-state index contributed by atoms with van der Waals surface area (Å²) >= 11 is 0. The van der Waals surface area contributed by atoms with Gasteiger partial charge in [-0.25, -0.2) is 4.79 Å². The quantitative estimate of drug-likeness (QED) is 0.515. The fraction of sp³-hybridized carbons (Fsp3) is 0.250. The Morgan fingerprint density at radius 2 is 2.15 bits per heavy atom. The van der Waals surface area contributed by atoms with Crippen LogP contribution in [0, 0.1) is 0 Å². The maximum absolute atomic E-state index is 11.2. The van der Waals surface area contributed by atoms with Crippen molar-refractivity contribution in [1.29, 1.82) is 0 Å². The lowest BCUT2D eigenvalue weighted by atomic mass is 10.1. The fourth-order valence-electron chi connectivity index (χ4n) is 1.99. The van der Waals surface area contributed by atoms with E-state index in [1.165, 1.54) is 7.11 Å². The number of methoxy groups -OCH3 is 1. The van der Waals surface area contributed by atoms with Crippen LogP contribution < -0.4 is 5.32 Å². The molecule has 0 unspecified atom stereocenters. The maximum atomic E-state index is 11.2. The Morgan fingerprint density at radius 3 is 2.95 bits per heavy atom. The molecule has 4 nitrogen and oxygen atoms in total.